The normalized spacial score (nSPS) is 21.8. The zero-order chi connectivity index (χ0) is 10.1. The molecule has 0 saturated heterocycles. The zero-order valence-corrected chi connectivity index (χ0v) is 8.51. The van der Waals surface area contributed by atoms with E-state index in [1.165, 1.54) is 0 Å². The quantitative estimate of drug-likeness (QED) is 0.561. The molecular weight excluding hydrogens is 218 g/mol. The molecule has 0 spiro atoms. The Hall–Kier alpha value is 0.190. The van der Waals surface area contributed by atoms with Gasteiger partial charge in [-0.1, -0.05) is 12.8 Å². The molecule has 76 valence electrons. The molecule has 1 fully saturated rings. The lowest BCUT2D eigenvalue weighted by molar-refractivity contribution is -0.180. The van der Waals surface area contributed by atoms with Crippen molar-refractivity contribution >= 4 is 27.6 Å². The minimum absolute atomic E-state index is 0.0138. The molecule has 1 N–H and O–H groups in total. The highest BCUT2D eigenvalue weighted by Gasteiger charge is 2.58. The molecule has 0 radical (unpaired) electrons. The average molecular weight is 228 g/mol. The van der Waals surface area contributed by atoms with Crippen LogP contribution in [0.25, 0.3) is 0 Å². The topological polar surface area (TPSA) is 37.3 Å². The van der Waals surface area contributed by atoms with Gasteiger partial charge in [0, 0.05) is 0 Å². The van der Waals surface area contributed by atoms with Crippen LogP contribution in [0.4, 0.5) is 8.78 Å². The van der Waals surface area contributed by atoms with Crippen LogP contribution in [0.3, 0.4) is 0 Å². The Balaban J connectivity index is 2.83. The molecular formula is C7H10F2O2S2. The van der Waals surface area contributed by atoms with Crippen molar-refractivity contribution in [2.24, 2.45) is 0 Å². The lowest BCUT2D eigenvalue weighted by Crippen LogP contribution is -2.50. The maximum atomic E-state index is 13.2. The summed E-state index contributed by atoms with van der Waals surface area (Å²) in [4.78, 5) is 10.8. The van der Waals surface area contributed by atoms with E-state index >= 15 is 0 Å². The van der Waals surface area contributed by atoms with Gasteiger partial charge in [0.05, 0.1) is 0 Å². The highest BCUT2D eigenvalue weighted by molar-refractivity contribution is 8.74. The third-order valence-electron chi connectivity index (χ3n) is 2.35. The van der Waals surface area contributed by atoms with Crippen LogP contribution in [0.5, 0.6) is 0 Å². The van der Waals surface area contributed by atoms with Gasteiger partial charge in [0.15, 0.2) is 0 Å². The largest absolute Gasteiger partial charge is 0.383 e. The number of carbonyl (C=O) groups is 1. The highest BCUT2D eigenvalue weighted by Crippen LogP contribution is 2.44. The van der Waals surface area contributed by atoms with Crippen molar-refractivity contribution in [2.75, 3.05) is 0 Å². The molecule has 1 saturated carbocycles. The van der Waals surface area contributed by atoms with Crippen molar-refractivity contribution in [3.05, 3.63) is 0 Å². The maximum Gasteiger partial charge on any atom is 0.343 e. The minimum Gasteiger partial charge on any atom is -0.383 e. The van der Waals surface area contributed by atoms with E-state index in [0.29, 0.717) is 12.8 Å². The van der Waals surface area contributed by atoms with Crippen molar-refractivity contribution in [3.63, 3.8) is 0 Å². The van der Waals surface area contributed by atoms with E-state index in [1.54, 1.807) is 0 Å². The number of alkyl halides is 2. The molecule has 0 aromatic carbocycles. The highest BCUT2D eigenvalue weighted by atomic mass is 33.1. The molecule has 1 aliphatic rings. The van der Waals surface area contributed by atoms with Crippen LogP contribution >= 0.6 is 22.5 Å². The van der Waals surface area contributed by atoms with Crippen molar-refractivity contribution in [3.8, 4) is 0 Å². The number of carbonyl (C=O) groups excluding carboxylic acids is 1. The second-order valence-electron chi connectivity index (χ2n) is 3.19. The summed E-state index contributed by atoms with van der Waals surface area (Å²) in [6.45, 7) is 0. The van der Waals surface area contributed by atoms with Crippen LogP contribution in [0.2, 0.25) is 0 Å². The van der Waals surface area contributed by atoms with Gasteiger partial charge >= 0.3 is 5.92 Å². The lowest BCUT2D eigenvalue weighted by Gasteiger charge is -2.29. The van der Waals surface area contributed by atoms with Gasteiger partial charge < -0.3 is 5.11 Å². The smallest absolute Gasteiger partial charge is 0.343 e. The van der Waals surface area contributed by atoms with E-state index in [-0.39, 0.29) is 23.6 Å². The fourth-order valence-corrected chi connectivity index (χ4v) is 2.17. The Kier molecular flexibility index (Phi) is 3.24. The predicted molar refractivity (Wildman–Crippen MR) is 49.9 cm³/mol. The average Bonchev–Trinajstić information content (AvgIpc) is 2.52. The first-order chi connectivity index (χ1) is 5.94. The van der Waals surface area contributed by atoms with Crippen LogP contribution in [0.15, 0.2) is 0 Å². The van der Waals surface area contributed by atoms with Crippen LogP contribution in [0.1, 0.15) is 25.7 Å². The molecule has 0 aromatic heterocycles. The van der Waals surface area contributed by atoms with Gasteiger partial charge in [-0.15, -0.1) is 11.7 Å². The van der Waals surface area contributed by atoms with E-state index in [4.69, 9.17) is 0 Å². The summed E-state index contributed by atoms with van der Waals surface area (Å²) in [6.07, 6.45) is 1.05. The molecule has 13 heavy (non-hydrogen) atoms. The van der Waals surface area contributed by atoms with Gasteiger partial charge in [-0.3, -0.25) is 4.79 Å². The SMILES string of the molecule is O=C(SS)C(F)(F)C1(O)CCCC1. The van der Waals surface area contributed by atoms with E-state index in [1.807, 2.05) is 0 Å². The molecule has 0 atom stereocenters. The van der Waals surface area contributed by atoms with E-state index in [2.05, 4.69) is 11.7 Å². The Morgan fingerprint density at radius 3 is 2.31 bits per heavy atom. The summed E-state index contributed by atoms with van der Waals surface area (Å²) in [5.41, 5.74) is -2.14. The second kappa shape index (κ2) is 3.74. The fourth-order valence-electron chi connectivity index (χ4n) is 1.52. The molecule has 1 aliphatic carbocycles. The maximum absolute atomic E-state index is 13.2. The summed E-state index contributed by atoms with van der Waals surface area (Å²) in [7, 11) is 0.163. The molecule has 6 heteroatoms. The molecule has 0 amide bonds. The van der Waals surface area contributed by atoms with Gasteiger partial charge in [-0.05, 0) is 23.6 Å². The molecule has 2 nitrogen and oxygen atoms in total. The van der Waals surface area contributed by atoms with Gasteiger partial charge in [-0.25, -0.2) is 0 Å². The Labute approximate surface area is 83.9 Å². The van der Waals surface area contributed by atoms with E-state index in [9.17, 15) is 18.7 Å². The first-order valence-electron chi connectivity index (χ1n) is 3.90. The van der Waals surface area contributed by atoms with Crippen molar-refractivity contribution in [2.45, 2.75) is 37.2 Å². The number of rotatable bonds is 2. The molecule has 0 bridgehead atoms. The molecule has 0 aromatic rings. The summed E-state index contributed by atoms with van der Waals surface area (Å²) >= 11 is 3.41. The van der Waals surface area contributed by atoms with Gasteiger partial charge in [-0.2, -0.15) is 8.78 Å². The molecule has 0 aliphatic heterocycles. The Bertz CT molecular complexity index is 215. The third-order valence-corrected chi connectivity index (χ3v) is 3.27. The van der Waals surface area contributed by atoms with Gasteiger partial charge in [0.25, 0.3) is 5.12 Å². The minimum atomic E-state index is -3.67. The third kappa shape index (κ3) is 1.85. The monoisotopic (exact) mass is 228 g/mol. The van der Waals surface area contributed by atoms with Crippen LogP contribution in [-0.4, -0.2) is 21.7 Å². The second-order valence-corrected chi connectivity index (χ2v) is 4.29. The Morgan fingerprint density at radius 1 is 1.46 bits per heavy atom. The first kappa shape index (κ1) is 11.3. The predicted octanol–water partition coefficient (Wildman–Crippen LogP) is 2.03. The molecule has 1 rings (SSSR count). The fraction of sp³-hybridized carbons (Fsp3) is 0.857. The van der Waals surface area contributed by atoms with Crippen LogP contribution in [-0.2, 0) is 4.79 Å². The number of aliphatic hydroxyl groups is 1. The van der Waals surface area contributed by atoms with Gasteiger partial charge in [0.1, 0.15) is 5.60 Å². The summed E-state index contributed by atoms with van der Waals surface area (Å²) in [5, 5.41) is 8.13. The number of halogens is 2. The number of hydrogen-bond donors (Lipinski definition) is 2. The summed E-state index contributed by atoms with van der Waals surface area (Å²) in [5.74, 6) is -3.67. The standard InChI is InChI=1S/C7H10F2O2S2/c8-7(9,5(10)13-12)6(11)3-1-2-4-6/h11-12H,1-4H2. The molecule has 0 heterocycles. The summed E-state index contributed by atoms with van der Waals surface area (Å²) < 4.78 is 26.5. The summed E-state index contributed by atoms with van der Waals surface area (Å²) in [6, 6.07) is 0. The number of thiol groups is 1. The van der Waals surface area contributed by atoms with Crippen molar-refractivity contribution in [1.82, 2.24) is 0 Å². The van der Waals surface area contributed by atoms with Gasteiger partial charge in [0.2, 0.25) is 0 Å². The molecule has 0 unspecified atom stereocenters. The lowest BCUT2D eigenvalue weighted by atomic mass is 9.95. The van der Waals surface area contributed by atoms with E-state index in [0.717, 1.165) is 0 Å². The van der Waals surface area contributed by atoms with Crippen molar-refractivity contribution in [1.29, 1.82) is 0 Å². The van der Waals surface area contributed by atoms with E-state index < -0.39 is 16.6 Å². The number of hydrogen-bond acceptors (Lipinski definition) is 4. The van der Waals surface area contributed by atoms with Crippen LogP contribution < -0.4 is 0 Å². The zero-order valence-electron chi connectivity index (χ0n) is 6.80. The van der Waals surface area contributed by atoms with Crippen molar-refractivity contribution < 1.29 is 18.7 Å². The first-order valence-corrected chi connectivity index (χ1v) is 5.77. The van der Waals surface area contributed by atoms with Crippen LogP contribution in [0, 0.1) is 0 Å². The Morgan fingerprint density at radius 2 is 1.92 bits per heavy atom.